The van der Waals surface area contributed by atoms with Crippen molar-refractivity contribution in [2.24, 2.45) is 16.8 Å². The van der Waals surface area contributed by atoms with E-state index in [1.165, 1.54) is 49.4 Å². The first-order valence-corrected chi connectivity index (χ1v) is 8.63. The van der Waals surface area contributed by atoms with Gasteiger partial charge in [0, 0.05) is 17.8 Å². The van der Waals surface area contributed by atoms with E-state index in [-0.39, 0.29) is 0 Å². The quantitative estimate of drug-likeness (QED) is 0.831. The van der Waals surface area contributed by atoms with Crippen LogP contribution in [0.4, 0.5) is 0 Å². The molecule has 2 rings (SSSR count). The zero-order valence-corrected chi connectivity index (χ0v) is 13.0. The molecule has 0 aromatic carbocycles. The van der Waals surface area contributed by atoms with Crippen molar-refractivity contribution in [3.8, 4) is 0 Å². The molecule has 0 amide bonds. The van der Waals surface area contributed by atoms with Gasteiger partial charge in [0.2, 0.25) is 0 Å². The van der Waals surface area contributed by atoms with Crippen LogP contribution in [0, 0.1) is 11.8 Å². The highest BCUT2D eigenvalue weighted by Gasteiger charge is 2.33. The van der Waals surface area contributed by atoms with Crippen molar-refractivity contribution in [2.45, 2.75) is 64.8 Å². The minimum absolute atomic E-state index is 0.321. The normalized spacial score (nSPS) is 33.6. The lowest BCUT2D eigenvalue weighted by Gasteiger charge is -2.28. The van der Waals surface area contributed by atoms with Gasteiger partial charge >= 0.3 is 0 Å². The fraction of sp³-hybridized carbons (Fsp3) is 0.933. The number of rotatable bonds is 4. The molecule has 1 N–H and O–H groups in total. The maximum atomic E-state index is 4.86. The largest absolute Gasteiger partial charge is 0.359 e. The number of hydrogen-bond donors (Lipinski definition) is 1. The van der Waals surface area contributed by atoms with Crippen LogP contribution in [0.25, 0.3) is 0 Å². The van der Waals surface area contributed by atoms with Gasteiger partial charge in [0.25, 0.3) is 0 Å². The second-order valence-electron chi connectivity index (χ2n) is 6.07. The summed E-state index contributed by atoms with van der Waals surface area (Å²) in [7, 11) is 0. The minimum Gasteiger partial charge on any atom is -0.359 e. The molecule has 0 aromatic rings. The summed E-state index contributed by atoms with van der Waals surface area (Å²) in [6.07, 6.45) is 8.04. The first-order chi connectivity index (χ1) is 8.69. The standard InChI is InChI=1S/C15H28N2S/c1-4-15(5-2)11-18-14(17-15)16-10-13-9-7-6-8-12(13)3/h12-13H,4-11H2,1-3H3,(H,16,17). The summed E-state index contributed by atoms with van der Waals surface area (Å²) in [5.41, 5.74) is 0.321. The number of hydrogen-bond acceptors (Lipinski definition) is 2. The van der Waals surface area contributed by atoms with Gasteiger partial charge in [-0.05, 0) is 31.1 Å². The maximum Gasteiger partial charge on any atom is 0.157 e. The molecule has 2 fully saturated rings. The Kier molecular flexibility index (Phi) is 4.99. The van der Waals surface area contributed by atoms with Crippen molar-refractivity contribution >= 4 is 16.9 Å². The summed E-state index contributed by atoms with van der Waals surface area (Å²) in [5, 5.41) is 4.88. The molecule has 2 aliphatic rings. The van der Waals surface area contributed by atoms with Crippen LogP contribution in [0.2, 0.25) is 0 Å². The summed E-state index contributed by atoms with van der Waals surface area (Å²) in [6, 6.07) is 0. The molecule has 0 aromatic heterocycles. The molecule has 2 unspecified atom stereocenters. The van der Waals surface area contributed by atoms with Gasteiger partial charge < -0.3 is 5.32 Å². The third-order valence-electron chi connectivity index (χ3n) is 4.97. The second-order valence-corrected chi connectivity index (χ2v) is 7.03. The monoisotopic (exact) mass is 268 g/mol. The van der Waals surface area contributed by atoms with E-state index in [1.54, 1.807) is 0 Å². The minimum atomic E-state index is 0.321. The molecule has 18 heavy (non-hydrogen) atoms. The summed E-state index contributed by atoms with van der Waals surface area (Å²) < 4.78 is 0. The van der Waals surface area contributed by atoms with Crippen LogP contribution >= 0.6 is 11.8 Å². The Morgan fingerprint density at radius 2 is 2.00 bits per heavy atom. The smallest absolute Gasteiger partial charge is 0.157 e. The lowest BCUT2D eigenvalue weighted by atomic mass is 9.80. The van der Waals surface area contributed by atoms with Crippen molar-refractivity contribution in [3.05, 3.63) is 0 Å². The van der Waals surface area contributed by atoms with Crippen LogP contribution in [0.15, 0.2) is 4.99 Å². The third kappa shape index (κ3) is 3.23. The summed E-state index contributed by atoms with van der Waals surface area (Å²) in [5.74, 6) is 2.89. The highest BCUT2D eigenvalue weighted by molar-refractivity contribution is 8.14. The van der Waals surface area contributed by atoms with E-state index in [0.29, 0.717) is 5.54 Å². The van der Waals surface area contributed by atoms with Crippen molar-refractivity contribution in [1.82, 2.24) is 5.32 Å². The number of nitrogens with one attached hydrogen (secondary N) is 1. The first kappa shape index (κ1) is 14.2. The van der Waals surface area contributed by atoms with E-state index in [1.807, 2.05) is 11.8 Å². The second kappa shape index (κ2) is 6.31. The number of amidine groups is 1. The summed E-state index contributed by atoms with van der Waals surface area (Å²) >= 11 is 1.93. The zero-order valence-electron chi connectivity index (χ0n) is 12.2. The Morgan fingerprint density at radius 3 is 2.61 bits per heavy atom. The molecule has 2 nitrogen and oxygen atoms in total. The van der Waals surface area contributed by atoms with Gasteiger partial charge in [-0.3, -0.25) is 4.99 Å². The van der Waals surface area contributed by atoms with E-state index >= 15 is 0 Å². The molecule has 1 saturated heterocycles. The molecular weight excluding hydrogens is 240 g/mol. The van der Waals surface area contributed by atoms with E-state index in [9.17, 15) is 0 Å². The van der Waals surface area contributed by atoms with Crippen molar-refractivity contribution in [2.75, 3.05) is 12.3 Å². The number of aliphatic imine (C=N–C) groups is 1. The molecule has 0 spiro atoms. The topological polar surface area (TPSA) is 24.4 Å². The van der Waals surface area contributed by atoms with Crippen LogP contribution in [0.3, 0.4) is 0 Å². The third-order valence-corrected chi connectivity index (χ3v) is 6.17. The van der Waals surface area contributed by atoms with Gasteiger partial charge in [-0.1, -0.05) is 51.8 Å². The van der Waals surface area contributed by atoms with Crippen molar-refractivity contribution < 1.29 is 0 Å². The fourth-order valence-corrected chi connectivity index (χ4v) is 4.43. The Labute approximate surface area is 116 Å². The first-order valence-electron chi connectivity index (χ1n) is 7.64. The number of thioether (sulfide) groups is 1. The van der Waals surface area contributed by atoms with E-state index in [2.05, 4.69) is 26.1 Å². The SMILES string of the molecule is CCC1(CC)CSC(=NCC2CCCCC2C)N1. The zero-order chi connectivity index (χ0) is 13.0. The van der Waals surface area contributed by atoms with Crippen LogP contribution < -0.4 is 5.32 Å². The maximum absolute atomic E-state index is 4.86. The molecule has 1 aliphatic heterocycles. The Balaban J connectivity index is 1.87. The predicted octanol–water partition coefficient (Wildman–Crippen LogP) is 4.06. The average molecular weight is 268 g/mol. The lowest BCUT2D eigenvalue weighted by Crippen LogP contribution is -2.42. The predicted molar refractivity (Wildman–Crippen MR) is 82.3 cm³/mol. The van der Waals surface area contributed by atoms with Crippen LogP contribution in [-0.4, -0.2) is 23.0 Å². The molecule has 1 heterocycles. The molecule has 0 bridgehead atoms. The van der Waals surface area contributed by atoms with Crippen LogP contribution in [0.5, 0.6) is 0 Å². The van der Waals surface area contributed by atoms with Gasteiger partial charge in [-0.2, -0.15) is 0 Å². The molecule has 2 atom stereocenters. The van der Waals surface area contributed by atoms with E-state index in [4.69, 9.17) is 4.99 Å². The Bertz CT molecular complexity index is 297. The Hall–Kier alpha value is -0.180. The van der Waals surface area contributed by atoms with Crippen LogP contribution in [-0.2, 0) is 0 Å². The highest BCUT2D eigenvalue weighted by Crippen LogP contribution is 2.32. The molecule has 1 saturated carbocycles. The summed E-state index contributed by atoms with van der Waals surface area (Å²) in [4.78, 5) is 4.86. The highest BCUT2D eigenvalue weighted by atomic mass is 32.2. The number of nitrogens with zero attached hydrogens (tertiary/aromatic N) is 1. The molecule has 0 radical (unpaired) electrons. The van der Waals surface area contributed by atoms with Gasteiger partial charge in [0.15, 0.2) is 5.17 Å². The van der Waals surface area contributed by atoms with Gasteiger partial charge in [-0.25, -0.2) is 0 Å². The van der Waals surface area contributed by atoms with Crippen molar-refractivity contribution in [1.29, 1.82) is 0 Å². The summed E-state index contributed by atoms with van der Waals surface area (Å²) in [6.45, 7) is 8.01. The van der Waals surface area contributed by atoms with Crippen molar-refractivity contribution in [3.63, 3.8) is 0 Å². The van der Waals surface area contributed by atoms with E-state index in [0.717, 1.165) is 18.4 Å². The molecule has 3 heteroatoms. The van der Waals surface area contributed by atoms with E-state index < -0.39 is 0 Å². The van der Waals surface area contributed by atoms with Gasteiger partial charge in [0.05, 0.1) is 0 Å². The van der Waals surface area contributed by atoms with Gasteiger partial charge in [-0.15, -0.1) is 0 Å². The molecule has 104 valence electrons. The lowest BCUT2D eigenvalue weighted by molar-refractivity contribution is 0.263. The molecule has 1 aliphatic carbocycles. The Morgan fingerprint density at radius 1 is 1.28 bits per heavy atom. The van der Waals surface area contributed by atoms with Gasteiger partial charge in [0.1, 0.15) is 0 Å². The van der Waals surface area contributed by atoms with Crippen LogP contribution in [0.1, 0.15) is 59.3 Å². The fourth-order valence-electron chi connectivity index (χ4n) is 3.09. The average Bonchev–Trinajstić information content (AvgIpc) is 2.82. The molecular formula is C15H28N2S.